The van der Waals surface area contributed by atoms with Gasteiger partial charge >= 0.3 is 0 Å². The SMILES string of the molecule is O[C@@H](C#Cc1ccccc1)c1ccc(Cl)cc1. The number of aliphatic hydroxyl groups excluding tert-OH is 1. The number of rotatable bonds is 1. The zero-order chi connectivity index (χ0) is 12.1. The van der Waals surface area contributed by atoms with E-state index in [9.17, 15) is 5.11 Å². The lowest BCUT2D eigenvalue weighted by Crippen LogP contribution is -1.92. The molecule has 2 heteroatoms. The van der Waals surface area contributed by atoms with Crippen molar-refractivity contribution < 1.29 is 5.11 Å². The van der Waals surface area contributed by atoms with Crippen LogP contribution in [0.4, 0.5) is 0 Å². The van der Waals surface area contributed by atoms with Gasteiger partial charge in [0.15, 0.2) is 0 Å². The molecule has 2 rings (SSSR count). The molecule has 1 atom stereocenters. The second-order valence-electron chi connectivity index (χ2n) is 3.59. The third-order valence-corrected chi connectivity index (χ3v) is 2.56. The molecule has 0 bridgehead atoms. The van der Waals surface area contributed by atoms with Crippen LogP contribution >= 0.6 is 11.6 Å². The summed E-state index contributed by atoms with van der Waals surface area (Å²) in [6.07, 6.45) is -0.785. The Morgan fingerprint density at radius 2 is 1.59 bits per heavy atom. The number of hydrogen-bond donors (Lipinski definition) is 1. The van der Waals surface area contributed by atoms with E-state index < -0.39 is 6.10 Å². The summed E-state index contributed by atoms with van der Waals surface area (Å²) in [5.41, 5.74) is 1.64. The molecule has 0 saturated heterocycles. The Hall–Kier alpha value is -1.75. The predicted molar refractivity (Wildman–Crippen MR) is 69.7 cm³/mol. The molecule has 0 spiro atoms. The number of aliphatic hydroxyl groups is 1. The first-order valence-corrected chi connectivity index (χ1v) is 5.63. The van der Waals surface area contributed by atoms with Crippen molar-refractivity contribution in [2.24, 2.45) is 0 Å². The third kappa shape index (κ3) is 3.35. The van der Waals surface area contributed by atoms with Gasteiger partial charge in [0.25, 0.3) is 0 Å². The highest BCUT2D eigenvalue weighted by molar-refractivity contribution is 6.30. The molecule has 0 heterocycles. The summed E-state index contributed by atoms with van der Waals surface area (Å²) < 4.78 is 0. The highest BCUT2D eigenvalue weighted by Crippen LogP contribution is 2.15. The number of benzene rings is 2. The maximum absolute atomic E-state index is 9.86. The van der Waals surface area contributed by atoms with Crippen molar-refractivity contribution in [3.8, 4) is 11.8 Å². The van der Waals surface area contributed by atoms with Crippen molar-refractivity contribution in [2.75, 3.05) is 0 Å². The minimum absolute atomic E-state index is 0.650. The minimum Gasteiger partial charge on any atom is -0.376 e. The molecule has 0 radical (unpaired) electrons. The van der Waals surface area contributed by atoms with E-state index >= 15 is 0 Å². The van der Waals surface area contributed by atoms with Crippen LogP contribution in [0.3, 0.4) is 0 Å². The molecule has 1 nitrogen and oxygen atoms in total. The van der Waals surface area contributed by atoms with Crippen molar-refractivity contribution in [3.63, 3.8) is 0 Å². The molecule has 0 aliphatic rings. The Bertz CT molecular complexity index is 535. The van der Waals surface area contributed by atoms with Gasteiger partial charge in [0.2, 0.25) is 0 Å². The summed E-state index contributed by atoms with van der Waals surface area (Å²) in [7, 11) is 0. The van der Waals surface area contributed by atoms with Gasteiger partial charge in [-0.15, -0.1) is 0 Å². The van der Waals surface area contributed by atoms with Crippen molar-refractivity contribution in [3.05, 3.63) is 70.7 Å². The summed E-state index contributed by atoms with van der Waals surface area (Å²) >= 11 is 5.77. The van der Waals surface area contributed by atoms with Crippen LogP contribution in [0.5, 0.6) is 0 Å². The fourth-order valence-electron chi connectivity index (χ4n) is 1.40. The first kappa shape index (κ1) is 11.7. The smallest absolute Gasteiger partial charge is 0.140 e. The normalized spacial score (nSPS) is 11.4. The summed E-state index contributed by atoms with van der Waals surface area (Å²) in [4.78, 5) is 0. The predicted octanol–water partition coefficient (Wildman–Crippen LogP) is 3.43. The summed E-state index contributed by atoms with van der Waals surface area (Å²) in [5, 5.41) is 10.5. The van der Waals surface area contributed by atoms with E-state index in [2.05, 4.69) is 11.8 Å². The molecule has 0 fully saturated rings. The second-order valence-corrected chi connectivity index (χ2v) is 4.03. The van der Waals surface area contributed by atoms with E-state index in [0.717, 1.165) is 11.1 Å². The highest BCUT2D eigenvalue weighted by atomic mass is 35.5. The van der Waals surface area contributed by atoms with Crippen LogP contribution in [0, 0.1) is 11.8 Å². The monoisotopic (exact) mass is 242 g/mol. The molecule has 0 aliphatic carbocycles. The fraction of sp³-hybridized carbons (Fsp3) is 0.0667. The molecule has 0 aliphatic heterocycles. The molecule has 1 N–H and O–H groups in total. The topological polar surface area (TPSA) is 20.2 Å². The van der Waals surface area contributed by atoms with Crippen LogP contribution in [0.25, 0.3) is 0 Å². The van der Waals surface area contributed by atoms with Gasteiger partial charge < -0.3 is 5.11 Å². The van der Waals surface area contributed by atoms with Crippen LogP contribution in [0.15, 0.2) is 54.6 Å². The minimum atomic E-state index is -0.785. The van der Waals surface area contributed by atoms with Crippen LogP contribution in [-0.4, -0.2) is 5.11 Å². The number of hydrogen-bond acceptors (Lipinski definition) is 1. The van der Waals surface area contributed by atoms with Crippen LogP contribution < -0.4 is 0 Å². The first-order valence-electron chi connectivity index (χ1n) is 5.26. The van der Waals surface area contributed by atoms with E-state index in [4.69, 9.17) is 11.6 Å². The van der Waals surface area contributed by atoms with Gasteiger partial charge in [-0.05, 0) is 29.8 Å². The molecule has 84 valence electrons. The summed E-state index contributed by atoms with van der Waals surface area (Å²) in [6, 6.07) is 16.6. The van der Waals surface area contributed by atoms with Gasteiger partial charge in [-0.2, -0.15) is 0 Å². The van der Waals surface area contributed by atoms with Crippen molar-refractivity contribution >= 4 is 11.6 Å². The third-order valence-electron chi connectivity index (χ3n) is 2.31. The fourth-order valence-corrected chi connectivity index (χ4v) is 1.53. The van der Waals surface area contributed by atoms with E-state index in [-0.39, 0.29) is 0 Å². The quantitative estimate of drug-likeness (QED) is 0.760. The van der Waals surface area contributed by atoms with E-state index in [1.54, 1.807) is 24.3 Å². The molecule has 0 aromatic heterocycles. The van der Waals surface area contributed by atoms with Gasteiger partial charge in [0.1, 0.15) is 6.10 Å². The maximum Gasteiger partial charge on any atom is 0.140 e. The lowest BCUT2D eigenvalue weighted by atomic mass is 10.1. The first-order chi connectivity index (χ1) is 8.25. The molecule has 2 aromatic carbocycles. The maximum atomic E-state index is 9.86. The zero-order valence-corrected chi connectivity index (χ0v) is 9.85. The van der Waals surface area contributed by atoms with Crippen molar-refractivity contribution in [1.82, 2.24) is 0 Å². The Morgan fingerprint density at radius 3 is 2.24 bits per heavy atom. The van der Waals surface area contributed by atoms with Gasteiger partial charge in [-0.3, -0.25) is 0 Å². The molecular weight excluding hydrogens is 232 g/mol. The van der Waals surface area contributed by atoms with Gasteiger partial charge in [0, 0.05) is 10.6 Å². The largest absolute Gasteiger partial charge is 0.376 e. The summed E-state index contributed by atoms with van der Waals surface area (Å²) in [6.45, 7) is 0. The Labute approximate surface area is 106 Å². The second kappa shape index (κ2) is 5.54. The lowest BCUT2D eigenvalue weighted by molar-refractivity contribution is 0.238. The molecule has 2 aromatic rings. The molecule has 0 unspecified atom stereocenters. The van der Waals surface area contributed by atoms with Crippen LogP contribution in [0.1, 0.15) is 17.2 Å². The van der Waals surface area contributed by atoms with Crippen LogP contribution in [0.2, 0.25) is 5.02 Å². The molecule has 0 amide bonds. The summed E-state index contributed by atoms with van der Waals surface area (Å²) in [5.74, 6) is 5.72. The molecular formula is C15H11ClO. The Kier molecular flexibility index (Phi) is 3.82. The van der Waals surface area contributed by atoms with E-state index in [1.807, 2.05) is 30.3 Å². The Balaban J connectivity index is 2.15. The average molecular weight is 243 g/mol. The van der Waals surface area contributed by atoms with Gasteiger partial charge in [0.05, 0.1) is 0 Å². The Morgan fingerprint density at radius 1 is 0.941 bits per heavy atom. The standard InChI is InChI=1S/C15H11ClO/c16-14-9-7-13(8-10-14)15(17)11-6-12-4-2-1-3-5-12/h1-5,7-10,15,17H/t15-/m0/s1. The van der Waals surface area contributed by atoms with Crippen molar-refractivity contribution in [2.45, 2.75) is 6.10 Å². The molecule has 17 heavy (non-hydrogen) atoms. The van der Waals surface area contributed by atoms with Crippen LogP contribution in [-0.2, 0) is 0 Å². The molecule has 0 saturated carbocycles. The van der Waals surface area contributed by atoms with Gasteiger partial charge in [-0.25, -0.2) is 0 Å². The highest BCUT2D eigenvalue weighted by Gasteiger charge is 2.02. The average Bonchev–Trinajstić information content (AvgIpc) is 2.38. The van der Waals surface area contributed by atoms with Gasteiger partial charge in [-0.1, -0.05) is 53.8 Å². The lowest BCUT2D eigenvalue weighted by Gasteiger charge is -2.02. The van der Waals surface area contributed by atoms with Crippen molar-refractivity contribution in [1.29, 1.82) is 0 Å². The van der Waals surface area contributed by atoms with E-state index in [1.165, 1.54) is 0 Å². The van der Waals surface area contributed by atoms with E-state index in [0.29, 0.717) is 5.02 Å². The number of halogens is 1. The zero-order valence-electron chi connectivity index (χ0n) is 9.10.